The van der Waals surface area contributed by atoms with Gasteiger partial charge < -0.3 is 19.9 Å². The number of aromatic carboxylic acids is 1. The summed E-state index contributed by atoms with van der Waals surface area (Å²) >= 11 is 0. The Morgan fingerprint density at radius 2 is 1.81 bits per heavy atom. The smallest absolute Gasteiger partial charge is 0.422 e. The molecule has 0 aliphatic carbocycles. The van der Waals surface area contributed by atoms with Crippen LogP contribution in [0.4, 0.5) is 13.2 Å². The van der Waals surface area contributed by atoms with Crippen molar-refractivity contribution in [3.63, 3.8) is 0 Å². The number of alkyl halides is 3. The molecule has 2 aromatic rings. The average Bonchev–Trinajstić information content (AvgIpc) is 2.78. The van der Waals surface area contributed by atoms with Gasteiger partial charge in [-0.1, -0.05) is 24.3 Å². The lowest BCUT2D eigenvalue weighted by atomic mass is 9.73. The summed E-state index contributed by atoms with van der Waals surface area (Å²) < 4.78 is 47.9. The van der Waals surface area contributed by atoms with Crippen molar-refractivity contribution in [1.29, 1.82) is 0 Å². The molecule has 3 rings (SSSR count). The first-order chi connectivity index (χ1) is 15.1. The van der Waals surface area contributed by atoms with Gasteiger partial charge in [-0.15, -0.1) is 0 Å². The van der Waals surface area contributed by atoms with Crippen LogP contribution in [0.2, 0.25) is 0 Å². The number of ether oxygens (including phenoxy) is 2. The standard InChI is InChI=1S/C23H24F3NO5/c1-15(16-5-7-17(8-6-16)20(28)29)27-21(30)22(9-11-31-12-10-22)18-3-2-4-19(13-18)32-14-23(24,25)26/h2-8,13,15H,9-12,14H2,1H3,(H,27,30)(H,28,29)/t15-/m0/s1. The van der Waals surface area contributed by atoms with E-state index in [4.69, 9.17) is 14.6 Å². The van der Waals surface area contributed by atoms with Gasteiger partial charge in [0.15, 0.2) is 6.61 Å². The summed E-state index contributed by atoms with van der Waals surface area (Å²) in [4.78, 5) is 24.5. The van der Waals surface area contributed by atoms with E-state index in [0.717, 1.165) is 5.56 Å². The molecule has 32 heavy (non-hydrogen) atoms. The Balaban J connectivity index is 1.82. The summed E-state index contributed by atoms with van der Waals surface area (Å²) in [6, 6.07) is 12.0. The summed E-state index contributed by atoms with van der Waals surface area (Å²) in [5, 5.41) is 12.0. The highest BCUT2D eigenvalue weighted by atomic mass is 19.4. The van der Waals surface area contributed by atoms with E-state index in [0.29, 0.717) is 31.6 Å². The van der Waals surface area contributed by atoms with E-state index in [-0.39, 0.29) is 17.2 Å². The summed E-state index contributed by atoms with van der Waals surface area (Å²) in [5.41, 5.74) is 0.452. The third-order valence-electron chi connectivity index (χ3n) is 5.58. The number of carboxylic acids is 1. The lowest BCUT2D eigenvalue weighted by molar-refractivity contribution is -0.153. The second-order valence-electron chi connectivity index (χ2n) is 7.75. The second kappa shape index (κ2) is 9.60. The molecule has 9 heteroatoms. The summed E-state index contributed by atoms with van der Waals surface area (Å²) in [6.07, 6.45) is -3.73. The first kappa shape index (κ1) is 23.6. The normalized spacial score (nSPS) is 16.8. The number of carbonyl (C=O) groups excluding carboxylic acids is 1. The van der Waals surface area contributed by atoms with Crippen molar-refractivity contribution < 1.29 is 37.3 Å². The quantitative estimate of drug-likeness (QED) is 0.658. The van der Waals surface area contributed by atoms with Gasteiger partial charge in [0.05, 0.1) is 17.0 Å². The molecule has 1 fully saturated rings. The molecule has 0 saturated carbocycles. The fourth-order valence-corrected chi connectivity index (χ4v) is 3.75. The zero-order valence-corrected chi connectivity index (χ0v) is 17.4. The number of nitrogens with one attached hydrogen (secondary N) is 1. The first-order valence-electron chi connectivity index (χ1n) is 10.1. The largest absolute Gasteiger partial charge is 0.484 e. The Bertz CT molecular complexity index is 953. The minimum atomic E-state index is -4.46. The lowest BCUT2D eigenvalue weighted by Gasteiger charge is -2.37. The molecule has 1 aliphatic rings. The molecule has 0 aromatic heterocycles. The number of carbonyl (C=O) groups is 2. The van der Waals surface area contributed by atoms with Crippen molar-refractivity contribution in [2.24, 2.45) is 0 Å². The van der Waals surface area contributed by atoms with E-state index in [1.807, 2.05) is 0 Å². The van der Waals surface area contributed by atoms with Gasteiger partial charge in [0.1, 0.15) is 5.75 Å². The third kappa shape index (κ3) is 5.59. The SMILES string of the molecule is C[C@H](NC(=O)C1(c2cccc(OCC(F)(F)F)c2)CCOCC1)c1ccc(C(=O)O)cc1. The predicted octanol–water partition coefficient (Wildman–Crippen LogP) is 4.25. The number of halogens is 3. The molecule has 0 spiro atoms. The van der Waals surface area contributed by atoms with Crippen LogP contribution < -0.4 is 10.1 Å². The van der Waals surface area contributed by atoms with Gasteiger partial charge in [0.25, 0.3) is 0 Å². The summed E-state index contributed by atoms with van der Waals surface area (Å²) in [7, 11) is 0. The molecule has 1 heterocycles. The number of hydrogen-bond donors (Lipinski definition) is 2. The monoisotopic (exact) mass is 451 g/mol. The Morgan fingerprint density at radius 3 is 2.41 bits per heavy atom. The minimum Gasteiger partial charge on any atom is -0.484 e. The van der Waals surface area contributed by atoms with Crippen molar-refractivity contribution in [3.8, 4) is 5.75 Å². The van der Waals surface area contributed by atoms with Crippen molar-refractivity contribution in [2.75, 3.05) is 19.8 Å². The van der Waals surface area contributed by atoms with Crippen LogP contribution in [0.1, 0.15) is 47.3 Å². The molecule has 1 saturated heterocycles. The van der Waals surface area contributed by atoms with Crippen LogP contribution in [0.5, 0.6) is 5.75 Å². The van der Waals surface area contributed by atoms with Gasteiger partial charge >= 0.3 is 12.1 Å². The zero-order valence-electron chi connectivity index (χ0n) is 17.4. The van der Waals surface area contributed by atoms with Crippen molar-refractivity contribution in [3.05, 3.63) is 65.2 Å². The van der Waals surface area contributed by atoms with E-state index >= 15 is 0 Å². The first-order valence-corrected chi connectivity index (χ1v) is 10.1. The molecular weight excluding hydrogens is 427 g/mol. The molecular formula is C23H24F3NO5. The minimum absolute atomic E-state index is 0.0378. The lowest BCUT2D eigenvalue weighted by Crippen LogP contribution is -2.48. The topological polar surface area (TPSA) is 84.9 Å². The molecule has 172 valence electrons. The fourth-order valence-electron chi connectivity index (χ4n) is 3.75. The Kier molecular flexibility index (Phi) is 7.08. The van der Waals surface area contributed by atoms with Crippen LogP contribution in [-0.4, -0.2) is 43.0 Å². The van der Waals surface area contributed by atoms with Crippen LogP contribution in [-0.2, 0) is 14.9 Å². The van der Waals surface area contributed by atoms with Crippen molar-refractivity contribution >= 4 is 11.9 Å². The average molecular weight is 451 g/mol. The van der Waals surface area contributed by atoms with E-state index in [2.05, 4.69) is 5.32 Å². The van der Waals surface area contributed by atoms with Gasteiger partial charge in [0, 0.05) is 13.2 Å². The predicted molar refractivity (Wildman–Crippen MR) is 110 cm³/mol. The molecule has 0 bridgehead atoms. The van der Waals surface area contributed by atoms with Gasteiger partial charge in [-0.3, -0.25) is 4.79 Å². The number of benzene rings is 2. The van der Waals surface area contributed by atoms with E-state index in [1.54, 1.807) is 31.2 Å². The van der Waals surface area contributed by atoms with E-state index < -0.39 is 30.2 Å². The van der Waals surface area contributed by atoms with Crippen LogP contribution in [0.15, 0.2) is 48.5 Å². The van der Waals surface area contributed by atoms with Crippen molar-refractivity contribution in [2.45, 2.75) is 37.4 Å². The van der Waals surface area contributed by atoms with E-state index in [9.17, 15) is 22.8 Å². The summed E-state index contributed by atoms with van der Waals surface area (Å²) in [6.45, 7) is 1.04. The Labute approximate surface area is 183 Å². The maximum atomic E-state index is 13.4. The van der Waals surface area contributed by atoms with Crippen LogP contribution in [0.25, 0.3) is 0 Å². The molecule has 2 aromatic carbocycles. The highest BCUT2D eigenvalue weighted by Gasteiger charge is 2.42. The highest BCUT2D eigenvalue weighted by Crippen LogP contribution is 2.37. The second-order valence-corrected chi connectivity index (χ2v) is 7.75. The fraction of sp³-hybridized carbons (Fsp3) is 0.391. The number of amides is 1. The van der Waals surface area contributed by atoms with Crippen LogP contribution in [0.3, 0.4) is 0 Å². The van der Waals surface area contributed by atoms with E-state index in [1.165, 1.54) is 24.3 Å². The molecule has 1 amide bonds. The number of rotatable bonds is 7. The van der Waals surface area contributed by atoms with Crippen LogP contribution >= 0.6 is 0 Å². The van der Waals surface area contributed by atoms with Gasteiger partial charge in [0.2, 0.25) is 5.91 Å². The highest BCUT2D eigenvalue weighted by molar-refractivity contribution is 5.89. The molecule has 1 aliphatic heterocycles. The molecule has 6 nitrogen and oxygen atoms in total. The third-order valence-corrected chi connectivity index (χ3v) is 5.58. The maximum Gasteiger partial charge on any atom is 0.422 e. The zero-order chi connectivity index (χ0) is 23.4. The van der Waals surface area contributed by atoms with Gasteiger partial charge in [-0.2, -0.15) is 13.2 Å². The van der Waals surface area contributed by atoms with Crippen LogP contribution in [0, 0.1) is 0 Å². The van der Waals surface area contributed by atoms with Gasteiger partial charge in [-0.25, -0.2) is 4.79 Å². The molecule has 0 radical (unpaired) electrons. The Morgan fingerprint density at radius 1 is 1.16 bits per heavy atom. The van der Waals surface area contributed by atoms with Crippen molar-refractivity contribution in [1.82, 2.24) is 5.32 Å². The molecule has 0 unspecified atom stereocenters. The number of hydrogen-bond acceptors (Lipinski definition) is 4. The molecule has 2 N–H and O–H groups in total. The maximum absolute atomic E-state index is 13.4. The number of carboxylic acid groups (broad SMARTS) is 1. The summed E-state index contributed by atoms with van der Waals surface area (Å²) in [5.74, 6) is -1.28. The van der Waals surface area contributed by atoms with Gasteiger partial charge in [-0.05, 0) is 55.2 Å². The Hall–Kier alpha value is -3.07. The molecule has 1 atom stereocenters.